The van der Waals surface area contributed by atoms with Crippen molar-refractivity contribution >= 4 is 5.97 Å². The molecular weight excluding hydrogens is 180 g/mol. The van der Waals surface area contributed by atoms with E-state index in [9.17, 15) is 9.90 Å². The van der Waals surface area contributed by atoms with Gasteiger partial charge in [-0.3, -0.25) is 0 Å². The number of carbonyl (C=O) groups is 1. The minimum Gasteiger partial charge on any atom is -0.507 e. The Labute approximate surface area is 82.0 Å². The third-order valence-electron chi connectivity index (χ3n) is 2.79. The van der Waals surface area contributed by atoms with E-state index in [4.69, 9.17) is 5.11 Å². The van der Waals surface area contributed by atoms with Gasteiger partial charge in [-0.1, -0.05) is 13.0 Å². The summed E-state index contributed by atoms with van der Waals surface area (Å²) >= 11 is 0. The van der Waals surface area contributed by atoms with E-state index in [0.717, 1.165) is 12.0 Å². The summed E-state index contributed by atoms with van der Waals surface area (Å²) in [4.78, 5) is 10.7. The lowest BCUT2D eigenvalue weighted by molar-refractivity contribution is 0.0693. The molecule has 0 spiro atoms. The van der Waals surface area contributed by atoms with Crippen LogP contribution in [0.4, 0.5) is 0 Å². The number of benzene rings is 1. The van der Waals surface area contributed by atoms with Gasteiger partial charge in [0.2, 0.25) is 0 Å². The zero-order chi connectivity index (χ0) is 10.3. The first-order chi connectivity index (χ1) is 6.59. The van der Waals surface area contributed by atoms with Crippen molar-refractivity contribution in [2.75, 3.05) is 0 Å². The highest BCUT2D eigenvalue weighted by Gasteiger charge is 2.34. The number of phenols is 1. The molecule has 3 heteroatoms. The van der Waals surface area contributed by atoms with Gasteiger partial charge < -0.3 is 10.2 Å². The van der Waals surface area contributed by atoms with E-state index < -0.39 is 5.97 Å². The van der Waals surface area contributed by atoms with E-state index in [1.807, 2.05) is 0 Å². The summed E-state index contributed by atoms with van der Waals surface area (Å²) in [6.45, 7) is 2.14. The molecule has 74 valence electrons. The predicted molar refractivity (Wildman–Crippen MR) is 51.6 cm³/mol. The fourth-order valence-corrected chi connectivity index (χ4v) is 1.74. The topological polar surface area (TPSA) is 57.5 Å². The molecule has 0 aromatic heterocycles. The highest BCUT2D eigenvalue weighted by Crippen LogP contribution is 2.47. The lowest BCUT2D eigenvalue weighted by Gasteiger charge is -2.03. The maximum atomic E-state index is 10.7. The Morgan fingerprint density at radius 3 is 2.64 bits per heavy atom. The molecule has 2 rings (SSSR count). The molecule has 0 saturated heterocycles. The first-order valence-corrected chi connectivity index (χ1v) is 4.66. The monoisotopic (exact) mass is 192 g/mol. The van der Waals surface area contributed by atoms with Crippen LogP contribution in [0.3, 0.4) is 0 Å². The van der Waals surface area contributed by atoms with E-state index in [1.54, 1.807) is 12.1 Å². The third kappa shape index (κ3) is 1.45. The molecule has 2 N–H and O–H groups in total. The van der Waals surface area contributed by atoms with Crippen molar-refractivity contribution in [3.05, 3.63) is 29.3 Å². The number of rotatable bonds is 2. The third-order valence-corrected chi connectivity index (χ3v) is 2.79. The van der Waals surface area contributed by atoms with E-state index in [1.165, 1.54) is 6.07 Å². The second kappa shape index (κ2) is 3.01. The van der Waals surface area contributed by atoms with Crippen molar-refractivity contribution in [3.8, 4) is 5.75 Å². The van der Waals surface area contributed by atoms with Crippen molar-refractivity contribution in [3.63, 3.8) is 0 Å². The molecular formula is C11H12O3. The van der Waals surface area contributed by atoms with Crippen LogP contribution >= 0.6 is 0 Å². The maximum absolute atomic E-state index is 10.7. The number of carboxylic acids is 1. The molecule has 0 heterocycles. The summed E-state index contributed by atoms with van der Waals surface area (Å²) in [5, 5.41) is 18.1. The summed E-state index contributed by atoms with van der Waals surface area (Å²) < 4.78 is 0. The normalized spacial score (nSPS) is 24.6. The van der Waals surface area contributed by atoms with Crippen molar-refractivity contribution in [1.29, 1.82) is 0 Å². The number of hydrogen-bond donors (Lipinski definition) is 2. The number of hydrogen-bond acceptors (Lipinski definition) is 2. The first-order valence-electron chi connectivity index (χ1n) is 4.66. The lowest BCUT2D eigenvalue weighted by Crippen LogP contribution is -1.97. The van der Waals surface area contributed by atoms with Crippen LogP contribution in [0.5, 0.6) is 5.75 Å². The Morgan fingerprint density at radius 2 is 2.14 bits per heavy atom. The first kappa shape index (κ1) is 9.06. The van der Waals surface area contributed by atoms with Gasteiger partial charge in [-0.25, -0.2) is 4.79 Å². The standard InChI is InChI=1S/C11H12O3/c1-6-4-8(6)7-2-3-10(12)9(5-7)11(13)14/h2-3,5-6,8,12H,4H2,1H3,(H,13,14)/t6?,8-/m0/s1. The molecule has 0 amide bonds. The Bertz CT molecular complexity index is 384. The number of aromatic hydroxyl groups is 1. The Morgan fingerprint density at radius 1 is 1.50 bits per heavy atom. The number of carboxylic acid groups (broad SMARTS) is 1. The Balaban J connectivity index is 2.36. The van der Waals surface area contributed by atoms with Crippen LogP contribution in [0.15, 0.2) is 18.2 Å². The maximum Gasteiger partial charge on any atom is 0.339 e. The molecule has 14 heavy (non-hydrogen) atoms. The van der Waals surface area contributed by atoms with Gasteiger partial charge in [0.15, 0.2) is 0 Å². The van der Waals surface area contributed by atoms with Crippen molar-refractivity contribution in [2.24, 2.45) is 5.92 Å². The average Bonchev–Trinajstić information content (AvgIpc) is 2.83. The van der Waals surface area contributed by atoms with Gasteiger partial charge in [0.05, 0.1) is 0 Å². The predicted octanol–water partition coefficient (Wildman–Crippen LogP) is 2.21. The molecule has 1 aliphatic rings. The molecule has 1 unspecified atom stereocenters. The highest BCUT2D eigenvalue weighted by atomic mass is 16.4. The summed E-state index contributed by atoms with van der Waals surface area (Å²) in [6.07, 6.45) is 1.11. The van der Waals surface area contributed by atoms with Crippen LogP contribution in [-0.2, 0) is 0 Å². The van der Waals surface area contributed by atoms with Crippen LogP contribution < -0.4 is 0 Å². The largest absolute Gasteiger partial charge is 0.507 e. The van der Waals surface area contributed by atoms with Crippen molar-refractivity contribution < 1.29 is 15.0 Å². The smallest absolute Gasteiger partial charge is 0.339 e. The van der Waals surface area contributed by atoms with Gasteiger partial charge in [0.1, 0.15) is 11.3 Å². The zero-order valence-electron chi connectivity index (χ0n) is 7.90. The molecule has 3 nitrogen and oxygen atoms in total. The van der Waals surface area contributed by atoms with Crippen LogP contribution in [-0.4, -0.2) is 16.2 Å². The minimum atomic E-state index is -1.07. The SMILES string of the molecule is CC1C[C@@H]1c1ccc(O)c(C(=O)O)c1. The quantitative estimate of drug-likeness (QED) is 0.755. The van der Waals surface area contributed by atoms with Gasteiger partial charge in [0, 0.05) is 0 Å². The highest BCUT2D eigenvalue weighted by molar-refractivity contribution is 5.91. The van der Waals surface area contributed by atoms with Gasteiger partial charge >= 0.3 is 5.97 Å². The van der Waals surface area contributed by atoms with Gasteiger partial charge in [-0.05, 0) is 36.0 Å². The molecule has 1 aliphatic carbocycles. The second-order valence-corrected chi connectivity index (χ2v) is 3.90. The molecule has 0 bridgehead atoms. The second-order valence-electron chi connectivity index (χ2n) is 3.90. The zero-order valence-corrected chi connectivity index (χ0v) is 7.90. The fraction of sp³-hybridized carbons (Fsp3) is 0.364. The molecule has 0 aliphatic heterocycles. The van der Waals surface area contributed by atoms with Crippen LogP contribution in [0.2, 0.25) is 0 Å². The van der Waals surface area contributed by atoms with Gasteiger partial charge in [-0.15, -0.1) is 0 Å². The van der Waals surface area contributed by atoms with E-state index in [-0.39, 0.29) is 11.3 Å². The average molecular weight is 192 g/mol. The van der Waals surface area contributed by atoms with Crippen LogP contribution in [0, 0.1) is 5.92 Å². The lowest BCUT2D eigenvalue weighted by atomic mass is 10.1. The summed E-state index contributed by atoms with van der Waals surface area (Å²) in [6, 6.07) is 4.84. The molecule has 2 atom stereocenters. The summed E-state index contributed by atoms with van der Waals surface area (Å²) in [7, 11) is 0. The Hall–Kier alpha value is -1.51. The molecule has 1 saturated carbocycles. The minimum absolute atomic E-state index is 0.00148. The van der Waals surface area contributed by atoms with Crippen LogP contribution in [0.1, 0.15) is 35.2 Å². The van der Waals surface area contributed by atoms with Gasteiger partial charge in [-0.2, -0.15) is 0 Å². The molecule has 1 aromatic carbocycles. The Kier molecular flexibility index (Phi) is 1.95. The summed E-state index contributed by atoms with van der Waals surface area (Å²) in [5.41, 5.74) is 1.02. The number of aromatic carboxylic acids is 1. The fourth-order valence-electron chi connectivity index (χ4n) is 1.74. The van der Waals surface area contributed by atoms with E-state index >= 15 is 0 Å². The molecule has 0 radical (unpaired) electrons. The molecule has 1 aromatic rings. The van der Waals surface area contributed by atoms with Gasteiger partial charge in [0.25, 0.3) is 0 Å². The van der Waals surface area contributed by atoms with Crippen molar-refractivity contribution in [1.82, 2.24) is 0 Å². The van der Waals surface area contributed by atoms with Crippen LogP contribution in [0.25, 0.3) is 0 Å². The van der Waals surface area contributed by atoms with E-state index in [0.29, 0.717) is 11.8 Å². The van der Waals surface area contributed by atoms with Crippen molar-refractivity contribution in [2.45, 2.75) is 19.3 Å². The summed E-state index contributed by atoms with van der Waals surface area (Å²) in [5.74, 6) is -0.109. The van der Waals surface area contributed by atoms with E-state index in [2.05, 4.69) is 6.92 Å². The molecule has 1 fully saturated rings.